The highest BCUT2D eigenvalue weighted by atomic mass is 32.1. The number of fused-ring (bicyclic) bond motifs is 6. The molecule has 0 unspecified atom stereocenters. The average Bonchev–Trinajstić information content (AvgIpc) is 1.62. The smallest absolute Gasteiger partial charge is 0.407 e. The van der Waals surface area contributed by atoms with E-state index in [-0.39, 0.29) is 92.5 Å². The molecule has 1 aromatic heterocycles. The number of unbranched alkanes of at least 4 members (excludes halogenated alkanes) is 2. The molecule has 2 fully saturated rings. The van der Waals surface area contributed by atoms with E-state index in [0.717, 1.165) is 55.6 Å². The highest BCUT2D eigenvalue weighted by molar-refractivity contribution is 7.13. The van der Waals surface area contributed by atoms with Crippen molar-refractivity contribution in [3.05, 3.63) is 203 Å². The predicted molar refractivity (Wildman–Crippen MR) is 446 cm³/mol. The number of aliphatic carboxylic acids is 1. The molecule has 2 saturated heterocycles. The Morgan fingerprint density at radius 1 is 0.470 bits per heavy atom. The first-order chi connectivity index (χ1) is 56.4. The van der Waals surface area contributed by atoms with E-state index in [4.69, 9.17) is 9.47 Å². The van der Waals surface area contributed by atoms with Gasteiger partial charge in [-0.2, -0.15) is 0 Å². The summed E-state index contributed by atoms with van der Waals surface area (Å²) in [6, 6.07) is 45.6. The molecule has 0 radical (unpaired) electrons. The van der Waals surface area contributed by atoms with Gasteiger partial charge in [-0.1, -0.05) is 185 Å². The summed E-state index contributed by atoms with van der Waals surface area (Å²) >= 11 is 1.25. The van der Waals surface area contributed by atoms with Crippen LogP contribution in [0.3, 0.4) is 0 Å². The largest absolute Gasteiger partial charge is 0.480 e. The number of carbonyl (C=O) groups is 12. The Hall–Kier alpha value is -11.4. The minimum atomic E-state index is -1.20. The molecule has 2 aliphatic carbocycles. The molecular weight excluding hydrogens is 1510 g/mol. The van der Waals surface area contributed by atoms with E-state index in [1.165, 1.54) is 35.0 Å². The monoisotopic (exact) mass is 1610 g/mol. The molecule has 4 aliphatic rings. The molecule has 620 valence electrons. The molecule has 9 amide bonds. The number of aromatic nitrogens is 1. The van der Waals surface area contributed by atoms with Gasteiger partial charge in [0.15, 0.2) is 5.13 Å². The van der Waals surface area contributed by atoms with E-state index in [1.54, 1.807) is 11.6 Å². The second-order valence-corrected chi connectivity index (χ2v) is 32.5. The number of carbonyl (C=O) groups excluding carboxylic acids is 11. The molecule has 6 aromatic carbocycles. The van der Waals surface area contributed by atoms with Crippen LogP contribution in [0.2, 0.25) is 0 Å². The fraction of sp³-hybridized carbons (Fsp3) is 0.440. The number of nitrogens with zero attached hydrogens (tertiary/aromatic N) is 3. The van der Waals surface area contributed by atoms with Gasteiger partial charge in [0.2, 0.25) is 41.4 Å². The van der Waals surface area contributed by atoms with Crippen molar-refractivity contribution in [1.29, 1.82) is 0 Å². The molecule has 26 heteroatoms. The number of rotatable bonds is 39. The number of thiazole rings is 1. The van der Waals surface area contributed by atoms with Crippen LogP contribution in [0, 0.1) is 23.7 Å². The average molecular weight is 1620 g/mol. The van der Waals surface area contributed by atoms with Crippen LogP contribution < -0.4 is 37.2 Å². The maximum absolute atomic E-state index is 14.2. The van der Waals surface area contributed by atoms with Gasteiger partial charge < -0.3 is 71.2 Å². The van der Waals surface area contributed by atoms with Crippen LogP contribution in [0.5, 0.6) is 0 Å². The van der Waals surface area contributed by atoms with Crippen molar-refractivity contribution in [2.24, 2.45) is 23.7 Å². The van der Waals surface area contributed by atoms with Crippen molar-refractivity contribution in [2.45, 2.75) is 192 Å². The van der Waals surface area contributed by atoms with E-state index in [0.29, 0.717) is 102 Å². The lowest BCUT2D eigenvalue weighted by atomic mass is 9.92. The summed E-state index contributed by atoms with van der Waals surface area (Å²) in [7, 11) is 0. The van der Waals surface area contributed by atoms with Crippen LogP contribution in [0.25, 0.3) is 22.3 Å². The van der Waals surface area contributed by atoms with Gasteiger partial charge in [-0.05, 0) is 171 Å². The molecule has 3 heterocycles. The number of ether oxygens (including phenoxy) is 2. The van der Waals surface area contributed by atoms with Gasteiger partial charge in [-0.15, -0.1) is 11.3 Å². The number of benzene rings is 6. The Bertz CT molecular complexity index is 4490. The minimum Gasteiger partial charge on any atom is -0.480 e. The van der Waals surface area contributed by atoms with Crippen molar-refractivity contribution in [3.8, 4) is 22.3 Å². The fourth-order valence-corrected chi connectivity index (χ4v) is 16.7. The number of likely N-dealkylation sites (tertiary alicyclic amines) is 2. The number of alkyl carbamates (subject to hydrolysis) is 2. The molecule has 8 atom stereocenters. The van der Waals surface area contributed by atoms with Crippen molar-refractivity contribution < 1.29 is 72.1 Å². The minimum absolute atomic E-state index is 0.0279. The van der Waals surface area contributed by atoms with Crippen LogP contribution in [-0.2, 0) is 70.3 Å². The number of ketones is 2. The Balaban J connectivity index is 0.000000248. The summed E-state index contributed by atoms with van der Waals surface area (Å²) in [4.78, 5) is 166. The summed E-state index contributed by atoms with van der Waals surface area (Å²) < 4.78 is 11.3. The molecular formula is C91H110N10O15S. The normalized spacial score (nSPS) is 16.1. The van der Waals surface area contributed by atoms with Crippen LogP contribution >= 0.6 is 11.3 Å². The van der Waals surface area contributed by atoms with Crippen molar-refractivity contribution in [2.75, 3.05) is 44.7 Å². The van der Waals surface area contributed by atoms with E-state index >= 15 is 0 Å². The summed E-state index contributed by atoms with van der Waals surface area (Å²) in [6.07, 6.45) is 6.03. The van der Waals surface area contributed by atoms with E-state index in [2.05, 4.69) is 78.6 Å². The lowest BCUT2D eigenvalue weighted by molar-refractivity contribution is -0.145. The van der Waals surface area contributed by atoms with Gasteiger partial charge in [0.1, 0.15) is 61.0 Å². The summed E-state index contributed by atoms with van der Waals surface area (Å²) in [5.74, 6) is -5.85. The van der Waals surface area contributed by atoms with Crippen LogP contribution in [0.1, 0.15) is 177 Å². The number of carboxylic acids is 1. The maximum atomic E-state index is 14.2. The van der Waals surface area contributed by atoms with Crippen LogP contribution in [0.15, 0.2) is 169 Å². The summed E-state index contributed by atoms with van der Waals surface area (Å²) in [6.45, 7) is 12.2. The van der Waals surface area contributed by atoms with E-state index in [1.807, 2.05) is 149 Å². The van der Waals surface area contributed by atoms with Gasteiger partial charge >= 0.3 is 18.2 Å². The van der Waals surface area contributed by atoms with Gasteiger partial charge in [-0.3, -0.25) is 33.6 Å². The Morgan fingerprint density at radius 3 is 1.21 bits per heavy atom. The Kier molecular flexibility index (Phi) is 32.7. The molecule has 0 bridgehead atoms. The number of nitrogens with one attached hydrogen (secondary N) is 7. The second-order valence-electron chi connectivity index (χ2n) is 31.6. The Morgan fingerprint density at radius 2 is 0.846 bits per heavy atom. The number of hydrogen-bond donors (Lipinski definition) is 8. The number of carboxylic acid groups (broad SMARTS) is 1. The molecule has 8 N–H and O–H groups in total. The zero-order valence-electron chi connectivity index (χ0n) is 67.6. The highest BCUT2D eigenvalue weighted by Gasteiger charge is 2.43. The lowest BCUT2D eigenvalue weighted by Gasteiger charge is -2.31. The third-order valence-corrected chi connectivity index (χ3v) is 22.4. The van der Waals surface area contributed by atoms with Crippen molar-refractivity contribution in [1.82, 2.24) is 46.7 Å². The number of Topliss-reactive ketones (excluding diaryl/α,β-unsaturated/α-hetero) is 2. The van der Waals surface area contributed by atoms with Gasteiger partial charge in [0, 0.05) is 74.3 Å². The first kappa shape index (κ1) is 88.0. The number of hydrogen-bond acceptors (Lipinski definition) is 16. The third-order valence-electron chi connectivity index (χ3n) is 21.8. The van der Waals surface area contributed by atoms with Crippen LogP contribution in [-0.4, -0.2) is 167 Å². The van der Waals surface area contributed by atoms with Gasteiger partial charge in [0.25, 0.3) is 0 Å². The molecule has 2 aliphatic heterocycles. The SMILES string of the molecule is CC(=O)C[C@@H](Cc1ccccc1)C(=O)N[C@@H](CC(C)C)C(=O)N1CCC[C@H]1C(=O)N[C@@H](CCCCNC(=O)OCC1c2ccccc2-c2ccccc21)C(=O)Nc1nccs1.CC(=O)C[C@@H](Cc1ccccc1)C(=O)N[C@@H](CC(C)C)C(=O)N1CCC[C@H]1C(=O)N[C@@H](CCCCNC(=O)OCC1c2ccccc2-c2ccccc21)C(=O)O. The third kappa shape index (κ3) is 25.1. The number of amides is 9. The van der Waals surface area contributed by atoms with Crippen LogP contribution in [0.4, 0.5) is 14.7 Å². The summed E-state index contributed by atoms with van der Waals surface area (Å²) in [5, 5.41) is 31.8. The molecule has 25 nitrogen and oxygen atoms in total. The molecule has 0 saturated carbocycles. The molecule has 7 aromatic rings. The zero-order valence-corrected chi connectivity index (χ0v) is 68.4. The molecule has 117 heavy (non-hydrogen) atoms. The van der Waals surface area contributed by atoms with Crippen molar-refractivity contribution >= 4 is 87.5 Å². The quantitative estimate of drug-likeness (QED) is 0.0166. The fourth-order valence-electron chi connectivity index (χ4n) is 16.1. The highest BCUT2D eigenvalue weighted by Crippen LogP contribution is 2.46. The van der Waals surface area contributed by atoms with Gasteiger partial charge in [-0.25, -0.2) is 19.4 Å². The number of anilines is 1. The van der Waals surface area contributed by atoms with Crippen molar-refractivity contribution in [3.63, 3.8) is 0 Å². The maximum Gasteiger partial charge on any atom is 0.407 e. The first-order valence-corrected chi connectivity index (χ1v) is 41.8. The van der Waals surface area contributed by atoms with E-state index < -0.39 is 95.8 Å². The molecule has 0 spiro atoms. The first-order valence-electron chi connectivity index (χ1n) is 40.9. The standard InChI is InChI=1S/C47H56N6O7S.C44H54N4O8/c1-30(2)26-40(51-42(55)33(27-31(3)54)28-32-14-5-4-6-15-32)45(58)53-24-13-21-41(53)44(57)50-39(43(56)52-46-48-23-25-61-46)20-11-12-22-49-47(59)60-29-38-36-18-9-7-16-34(36)35-17-8-10-19-37(35)38;1-28(2)24-38(47-40(50)31(25-29(3)49)26-30-14-5-4-6-15-30)42(52)48-23-13-21-39(48)41(51)46-37(43(53)54)20-11-12-22-45-44(55)56-27-36-34-18-9-7-16-32(34)33-17-8-10-19-35(33)36/h4-10,14-19,23,25,30,33,38-41H,11-13,20-22,24,26-29H2,1-3H3,(H,49,59)(H,50,57)(H,51,55)(H,48,52,56);4-10,14-19,28,31,36-39H,11-13,20-27H2,1-3H3,(H,45,55)(H,46,51)(H,47,50)(H,53,54)/t33-,39-,40-,41-;31-,37-,38-,39-/m00/s1. The lowest BCUT2D eigenvalue weighted by Crippen LogP contribution is -2.56. The topological polar surface area (TPSA) is 347 Å². The summed E-state index contributed by atoms with van der Waals surface area (Å²) in [5.41, 5.74) is 10.9. The second kappa shape index (κ2) is 43.5. The van der Waals surface area contributed by atoms with Gasteiger partial charge in [0.05, 0.1) is 0 Å². The van der Waals surface area contributed by atoms with E-state index in [9.17, 15) is 62.6 Å². The zero-order chi connectivity index (χ0) is 83.5. The molecule has 11 rings (SSSR count). The Labute approximate surface area is 688 Å². The predicted octanol–water partition coefficient (Wildman–Crippen LogP) is 12.3.